The zero-order valence-electron chi connectivity index (χ0n) is 11.0. The van der Waals surface area contributed by atoms with Gasteiger partial charge in [-0.3, -0.25) is 0 Å². The molecule has 4 heteroatoms. The van der Waals surface area contributed by atoms with Crippen molar-refractivity contribution in [1.82, 2.24) is 15.1 Å². The minimum Gasteiger partial charge on any atom is -0.312 e. The standard InChI is InChI=1S/C15H19N3S/c1-7-17-18(8-1)15-4-2-13(3-5-15)10-16-11-14-6-9-19-12-14/h1-5,7-8,14,16H,6,9-12H2. The third kappa shape index (κ3) is 3.39. The second-order valence-electron chi connectivity index (χ2n) is 4.98. The van der Waals surface area contributed by atoms with Crippen LogP contribution >= 0.6 is 11.8 Å². The van der Waals surface area contributed by atoms with Crippen molar-refractivity contribution in [2.75, 3.05) is 18.1 Å². The minimum atomic E-state index is 0.869. The zero-order chi connectivity index (χ0) is 12.9. The summed E-state index contributed by atoms with van der Waals surface area (Å²) in [7, 11) is 0. The van der Waals surface area contributed by atoms with Crippen LogP contribution in [0.25, 0.3) is 5.69 Å². The Hall–Kier alpha value is -1.26. The molecule has 1 unspecified atom stereocenters. The molecule has 1 aliphatic heterocycles. The molecule has 1 aromatic heterocycles. The molecule has 0 bridgehead atoms. The molecule has 0 saturated carbocycles. The van der Waals surface area contributed by atoms with Gasteiger partial charge in [-0.1, -0.05) is 12.1 Å². The second kappa shape index (κ2) is 6.26. The predicted molar refractivity (Wildman–Crippen MR) is 80.7 cm³/mol. The van der Waals surface area contributed by atoms with Crippen LogP contribution in [0.1, 0.15) is 12.0 Å². The van der Waals surface area contributed by atoms with Crippen LogP contribution in [-0.4, -0.2) is 27.8 Å². The number of nitrogens with zero attached hydrogens (tertiary/aromatic N) is 2. The Morgan fingerprint density at radius 3 is 2.89 bits per heavy atom. The number of hydrogen-bond donors (Lipinski definition) is 1. The normalized spacial score (nSPS) is 18.8. The molecule has 1 fully saturated rings. The topological polar surface area (TPSA) is 29.9 Å². The van der Waals surface area contributed by atoms with E-state index >= 15 is 0 Å². The summed E-state index contributed by atoms with van der Waals surface area (Å²) in [4.78, 5) is 0. The molecule has 1 N–H and O–H groups in total. The van der Waals surface area contributed by atoms with Crippen molar-refractivity contribution in [3.8, 4) is 5.69 Å². The number of hydrogen-bond acceptors (Lipinski definition) is 3. The Morgan fingerprint density at radius 1 is 1.32 bits per heavy atom. The average Bonchev–Trinajstić information content (AvgIpc) is 3.13. The van der Waals surface area contributed by atoms with E-state index in [1.54, 1.807) is 6.20 Å². The van der Waals surface area contributed by atoms with Crippen LogP contribution in [-0.2, 0) is 6.54 Å². The van der Waals surface area contributed by atoms with E-state index < -0.39 is 0 Å². The van der Waals surface area contributed by atoms with E-state index in [1.165, 1.54) is 23.5 Å². The zero-order valence-corrected chi connectivity index (χ0v) is 11.8. The number of benzene rings is 1. The Kier molecular flexibility index (Phi) is 4.20. The van der Waals surface area contributed by atoms with Gasteiger partial charge in [-0.2, -0.15) is 16.9 Å². The van der Waals surface area contributed by atoms with Crippen LogP contribution in [0.15, 0.2) is 42.7 Å². The first-order valence-corrected chi connectivity index (χ1v) is 7.95. The third-order valence-corrected chi connectivity index (χ3v) is 4.72. The van der Waals surface area contributed by atoms with Gasteiger partial charge in [0.25, 0.3) is 0 Å². The van der Waals surface area contributed by atoms with Gasteiger partial charge in [-0.25, -0.2) is 4.68 Å². The molecular weight excluding hydrogens is 254 g/mol. The maximum atomic E-state index is 4.23. The van der Waals surface area contributed by atoms with Gasteiger partial charge in [0.05, 0.1) is 5.69 Å². The van der Waals surface area contributed by atoms with E-state index in [9.17, 15) is 0 Å². The van der Waals surface area contributed by atoms with Gasteiger partial charge in [-0.15, -0.1) is 0 Å². The fraction of sp³-hybridized carbons (Fsp3) is 0.400. The summed E-state index contributed by atoms with van der Waals surface area (Å²) in [5.41, 5.74) is 2.45. The molecule has 2 aromatic rings. The van der Waals surface area contributed by atoms with Crippen molar-refractivity contribution in [3.63, 3.8) is 0 Å². The Balaban J connectivity index is 1.51. The third-order valence-electron chi connectivity index (χ3n) is 3.49. The molecular formula is C15H19N3S. The molecule has 19 heavy (non-hydrogen) atoms. The van der Waals surface area contributed by atoms with Crippen molar-refractivity contribution in [1.29, 1.82) is 0 Å². The second-order valence-corrected chi connectivity index (χ2v) is 6.13. The van der Waals surface area contributed by atoms with E-state index in [1.807, 2.05) is 16.9 Å². The Labute approximate surface area is 118 Å². The summed E-state index contributed by atoms with van der Waals surface area (Å²) in [5, 5.41) is 7.79. The van der Waals surface area contributed by atoms with Gasteiger partial charge in [0.15, 0.2) is 0 Å². The molecule has 0 spiro atoms. The van der Waals surface area contributed by atoms with Gasteiger partial charge in [0.2, 0.25) is 0 Å². The lowest BCUT2D eigenvalue weighted by Gasteiger charge is -2.10. The smallest absolute Gasteiger partial charge is 0.0645 e. The van der Waals surface area contributed by atoms with E-state index in [0.717, 1.165) is 24.7 Å². The molecule has 3 rings (SSSR count). The van der Waals surface area contributed by atoms with Crippen molar-refractivity contribution >= 4 is 11.8 Å². The number of thioether (sulfide) groups is 1. The molecule has 1 atom stereocenters. The minimum absolute atomic E-state index is 0.869. The van der Waals surface area contributed by atoms with Gasteiger partial charge in [0.1, 0.15) is 0 Å². The highest BCUT2D eigenvalue weighted by Gasteiger charge is 2.14. The van der Waals surface area contributed by atoms with Crippen LogP contribution < -0.4 is 5.32 Å². The summed E-state index contributed by atoms with van der Waals surface area (Å²) in [6.45, 7) is 2.11. The molecule has 0 amide bonds. The highest BCUT2D eigenvalue weighted by molar-refractivity contribution is 7.99. The lowest BCUT2D eigenvalue weighted by atomic mass is 10.1. The fourth-order valence-electron chi connectivity index (χ4n) is 2.35. The first-order chi connectivity index (χ1) is 9.42. The van der Waals surface area contributed by atoms with E-state index in [0.29, 0.717) is 0 Å². The first-order valence-electron chi connectivity index (χ1n) is 6.79. The maximum absolute atomic E-state index is 4.23. The average molecular weight is 273 g/mol. The van der Waals surface area contributed by atoms with Crippen LogP contribution in [0.5, 0.6) is 0 Å². The summed E-state index contributed by atoms with van der Waals surface area (Å²) in [5.74, 6) is 3.53. The Morgan fingerprint density at radius 2 is 2.21 bits per heavy atom. The van der Waals surface area contributed by atoms with Gasteiger partial charge >= 0.3 is 0 Å². The van der Waals surface area contributed by atoms with Crippen molar-refractivity contribution in [3.05, 3.63) is 48.3 Å². The fourth-order valence-corrected chi connectivity index (χ4v) is 3.64. The van der Waals surface area contributed by atoms with Crippen LogP contribution in [0, 0.1) is 5.92 Å². The van der Waals surface area contributed by atoms with Gasteiger partial charge in [0, 0.05) is 18.9 Å². The van der Waals surface area contributed by atoms with Crippen molar-refractivity contribution < 1.29 is 0 Å². The molecule has 2 heterocycles. The van der Waals surface area contributed by atoms with Gasteiger partial charge in [-0.05, 0) is 54.2 Å². The summed E-state index contributed by atoms with van der Waals surface area (Å²) >= 11 is 2.08. The highest BCUT2D eigenvalue weighted by atomic mass is 32.2. The number of nitrogens with one attached hydrogen (secondary N) is 1. The lowest BCUT2D eigenvalue weighted by Crippen LogP contribution is -2.22. The van der Waals surface area contributed by atoms with Crippen molar-refractivity contribution in [2.45, 2.75) is 13.0 Å². The van der Waals surface area contributed by atoms with Crippen LogP contribution in [0.4, 0.5) is 0 Å². The van der Waals surface area contributed by atoms with E-state index in [-0.39, 0.29) is 0 Å². The van der Waals surface area contributed by atoms with Crippen LogP contribution in [0.3, 0.4) is 0 Å². The maximum Gasteiger partial charge on any atom is 0.0645 e. The molecule has 1 aliphatic rings. The molecule has 0 aliphatic carbocycles. The van der Waals surface area contributed by atoms with Crippen molar-refractivity contribution in [2.24, 2.45) is 5.92 Å². The Bertz CT molecular complexity index is 487. The molecule has 1 aromatic carbocycles. The number of rotatable bonds is 5. The van der Waals surface area contributed by atoms with E-state index in [4.69, 9.17) is 0 Å². The van der Waals surface area contributed by atoms with Gasteiger partial charge < -0.3 is 5.32 Å². The monoisotopic (exact) mass is 273 g/mol. The summed E-state index contributed by atoms with van der Waals surface area (Å²) in [6.07, 6.45) is 5.13. The summed E-state index contributed by atoms with van der Waals surface area (Å²) in [6, 6.07) is 10.5. The predicted octanol–water partition coefficient (Wildman–Crippen LogP) is 2.72. The SMILES string of the molecule is c1cnn(-c2ccc(CNCC3CCSC3)cc2)c1. The molecule has 0 radical (unpaired) electrons. The molecule has 1 saturated heterocycles. The molecule has 3 nitrogen and oxygen atoms in total. The lowest BCUT2D eigenvalue weighted by molar-refractivity contribution is 0.523. The number of aromatic nitrogens is 2. The summed E-state index contributed by atoms with van der Waals surface area (Å²) < 4.78 is 1.88. The first kappa shape index (κ1) is 12.8. The molecule has 100 valence electrons. The largest absolute Gasteiger partial charge is 0.312 e. The van der Waals surface area contributed by atoms with Crippen LogP contribution in [0.2, 0.25) is 0 Å². The highest BCUT2D eigenvalue weighted by Crippen LogP contribution is 2.22. The van der Waals surface area contributed by atoms with E-state index in [2.05, 4.69) is 46.4 Å². The quantitative estimate of drug-likeness (QED) is 0.908.